The molecule has 0 aromatic heterocycles. The lowest BCUT2D eigenvalue weighted by Gasteiger charge is -2.28. The van der Waals surface area contributed by atoms with Gasteiger partial charge in [-0.3, -0.25) is 14.9 Å². The number of anilines is 1. The van der Waals surface area contributed by atoms with Gasteiger partial charge in [-0.05, 0) is 26.0 Å². The summed E-state index contributed by atoms with van der Waals surface area (Å²) in [5, 5.41) is 13.9. The number of carbonyl (C=O) groups is 2. The molecule has 1 aromatic carbocycles. The number of nitrogens with one attached hydrogen (secondary N) is 1. The molecule has 0 spiro atoms. The third-order valence-corrected chi connectivity index (χ3v) is 3.76. The number of nitro groups is 1. The molecule has 2 rings (SSSR count). The first-order chi connectivity index (χ1) is 11.9. The summed E-state index contributed by atoms with van der Waals surface area (Å²) in [6.07, 6.45) is -0.981. The van der Waals surface area contributed by atoms with Gasteiger partial charge in [-0.2, -0.15) is 0 Å². The minimum absolute atomic E-state index is 0.0276. The average Bonchev–Trinajstić information content (AvgIpc) is 2.62. The first kappa shape index (κ1) is 18.7. The molecule has 0 radical (unpaired) electrons. The monoisotopic (exact) mass is 351 g/mol. The Labute approximate surface area is 145 Å². The molecular formula is C16H21N3O6. The molecular weight excluding hydrogens is 330 g/mol. The Bertz CT molecular complexity index is 657. The van der Waals surface area contributed by atoms with Crippen LogP contribution in [0.25, 0.3) is 0 Å². The van der Waals surface area contributed by atoms with Gasteiger partial charge in [-0.15, -0.1) is 0 Å². The van der Waals surface area contributed by atoms with Crippen LogP contribution in [0.2, 0.25) is 0 Å². The Morgan fingerprint density at radius 3 is 2.68 bits per heavy atom. The molecule has 1 aliphatic heterocycles. The normalized spacial score (nSPS) is 15.4. The maximum Gasteiger partial charge on any atom is 0.339 e. The number of morpholine rings is 1. The minimum Gasteiger partial charge on any atom is -0.449 e. The van der Waals surface area contributed by atoms with Crippen molar-refractivity contribution in [2.75, 3.05) is 37.7 Å². The Morgan fingerprint density at radius 1 is 1.40 bits per heavy atom. The number of hydrogen-bond acceptors (Lipinski definition) is 7. The van der Waals surface area contributed by atoms with E-state index in [-0.39, 0.29) is 11.3 Å². The zero-order valence-corrected chi connectivity index (χ0v) is 14.2. The average molecular weight is 351 g/mol. The number of nitrogens with zero attached hydrogens (tertiary/aromatic N) is 2. The Hall–Kier alpha value is -2.68. The molecule has 9 heteroatoms. The molecule has 1 N–H and O–H groups in total. The highest BCUT2D eigenvalue weighted by atomic mass is 16.6. The maximum atomic E-state index is 12.2. The Balaban J connectivity index is 2.18. The van der Waals surface area contributed by atoms with Gasteiger partial charge in [-0.1, -0.05) is 0 Å². The topological polar surface area (TPSA) is 111 Å². The number of esters is 1. The molecule has 0 saturated carbocycles. The molecule has 0 unspecified atom stereocenters. The Morgan fingerprint density at radius 2 is 2.08 bits per heavy atom. The molecule has 136 valence electrons. The number of likely N-dealkylation sites (N-methyl/N-ethyl adjacent to an activating group) is 1. The van der Waals surface area contributed by atoms with E-state index in [1.807, 2.05) is 4.90 Å². The van der Waals surface area contributed by atoms with Crippen LogP contribution >= 0.6 is 0 Å². The van der Waals surface area contributed by atoms with Crippen LogP contribution < -0.4 is 10.2 Å². The summed E-state index contributed by atoms with van der Waals surface area (Å²) in [6.45, 7) is 5.67. The van der Waals surface area contributed by atoms with Gasteiger partial charge in [0.1, 0.15) is 5.69 Å². The summed E-state index contributed by atoms with van der Waals surface area (Å²) in [5.74, 6) is -1.20. The number of carbonyl (C=O) groups excluding carboxylic acids is 2. The maximum absolute atomic E-state index is 12.2. The molecule has 1 aliphatic rings. The fourth-order valence-corrected chi connectivity index (χ4v) is 2.47. The van der Waals surface area contributed by atoms with Crippen molar-refractivity contribution in [3.8, 4) is 0 Å². The summed E-state index contributed by atoms with van der Waals surface area (Å²) in [5.41, 5.74) is 0.281. The van der Waals surface area contributed by atoms with Crippen molar-refractivity contribution < 1.29 is 24.0 Å². The fourth-order valence-electron chi connectivity index (χ4n) is 2.47. The van der Waals surface area contributed by atoms with Gasteiger partial charge in [-0.25, -0.2) is 4.79 Å². The van der Waals surface area contributed by atoms with Crippen LogP contribution in [-0.2, 0) is 14.3 Å². The standard InChI is InChI=1S/C16H21N3O6/c1-3-17-15(20)11(2)25-16(21)12-4-5-13(14(10-12)19(22)23)18-6-8-24-9-7-18/h4-5,10-11H,3,6-9H2,1-2H3,(H,17,20)/t11-/m0/s1. The number of rotatable bonds is 6. The number of amides is 1. The first-order valence-corrected chi connectivity index (χ1v) is 8.03. The van der Waals surface area contributed by atoms with Crippen molar-refractivity contribution in [3.63, 3.8) is 0 Å². The summed E-state index contributed by atoms with van der Waals surface area (Å²) in [4.78, 5) is 36.5. The van der Waals surface area contributed by atoms with E-state index in [0.717, 1.165) is 0 Å². The van der Waals surface area contributed by atoms with Crippen LogP contribution in [0.15, 0.2) is 18.2 Å². The number of nitro benzene ring substituents is 1. The fraction of sp³-hybridized carbons (Fsp3) is 0.500. The number of hydrogen-bond donors (Lipinski definition) is 1. The largest absolute Gasteiger partial charge is 0.449 e. The number of benzene rings is 1. The molecule has 0 bridgehead atoms. The highest BCUT2D eigenvalue weighted by molar-refractivity contribution is 5.93. The van der Waals surface area contributed by atoms with E-state index in [4.69, 9.17) is 9.47 Å². The predicted molar refractivity (Wildman–Crippen MR) is 89.7 cm³/mol. The molecule has 1 heterocycles. The lowest BCUT2D eigenvalue weighted by Crippen LogP contribution is -2.36. The van der Waals surface area contributed by atoms with Crippen LogP contribution in [-0.4, -0.2) is 55.8 Å². The number of ether oxygens (including phenoxy) is 2. The van der Waals surface area contributed by atoms with E-state index < -0.39 is 22.9 Å². The zero-order chi connectivity index (χ0) is 18.4. The van der Waals surface area contributed by atoms with Crippen molar-refractivity contribution >= 4 is 23.3 Å². The molecule has 9 nitrogen and oxygen atoms in total. The van der Waals surface area contributed by atoms with Crippen molar-refractivity contribution in [2.24, 2.45) is 0 Å². The van der Waals surface area contributed by atoms with Crippen molar-refractivity contribution in [3.05, 3.63) is 33.9 Å². The molecule has 1 amide bonds. The lowest BCUT2D eigenvalue weighted by atomic mass is 10.1. The summed E-state index contributed by atoms with van der Waals surface area (Å²) in [6, 6.07) is 4.17. The van der Waals surface area contributed by atoms with E-state index in [1.54, 1.807) is 6.92 Å². The van der Waals surface area contributed by atoms with Gasteiger partial charge in [0.05, 0.1) is 23.7 Å². The summed E-state index contributed by atoms with van der Waals surface area (Å²) >= 11 is 0. The van der Waals surface area contributed by atoms with Gasteiger partial charge >= 0.3 is 5.97 Å². The van der Waals surface area contributed by atoms with Crippen LogP contribution in [0.5, 0.6) is 0 Å². The van der Waals surface area contributed by atoms with Crippen molar-refractivity contribution in [1.29, 1.82) is 0 Å². The quantitative estimate of drug-likeness (QED) is 0.464. The highest BCUT2D eigenvalue weighted by Gasteiger charge is 2.25. The molecule has 25 heavy (non-hydrogen) atoms. The van der Waals surface area contributed by atoms with Gasteiger partial charge in [0.2, 0.25) is 0 Å². The SMILES string of the molecule is CCNC(=O)[C@H](C)OC(=O)c1ccc(N2CCOCC2)c([N+](=O)[O-])c1. The van der Waals surface area contributed by atoms with E-state index >= 15 is 0 Å². The van der Waals surface area contributed by atoms with Crippen LogP contribution in [0.1, 0.15) is 24.2 Å². The summed E-state index contributed by atoms with van der Waals surface area (Å²) in [7, 11) is 0. The summed E-state index contributed by atoms with van der Waals surface area (Å²) < 4.78 is 10.3. The minimum atomic E-state index is -0.981. The van der Waals surface area contributed by atoms with Crippen LogP contribution in [0.4, 0.5) is 11.4 Å². The predicted octanol–water partition coefficient (Wildman–Crippen LogP) is 1.11. The van der Waals surface area contributed by atoms with E-state index in [2.05, 4.69) is 5.32 Å². The smallest absolute Gasteiger partial charge is 0.339 e. The molecule has 1 aromatic rings. The zero-order valence-electron chi connectivity index (χ0n) is 14.2. The molecule has 1 saturated heterocycles. The highest BCUT2D eigenvalue weighted by Crippen LogP contribution is 2.30. The van der Waals surface area contributed by atoms with E-state index in [1.165, 1.54) is 25.1 Å². The van der Waals surface area contributed by atoms with Crippen molar-refractivity contribution in [1.82, 2.24) is 5.32 Å². The third kappa shape index (κ3) is 4.66. The first-order valence-electron chi connectivity index (χ1n) is 8.03. The van der Waals surface area contributed by atoms with Gasteiger partial charge in [0, 0.05) is 25.7 Å². The van der Waals surface area contributed by atoms with Gasteiger partial charge in [0.15, 0.2) is 6.10 Å². The van der Waals surface area contributed by atoms with Gasteiger partial charge < -0.3 is 19.7 Å². The second kappa shape index (κ2) is 8.43. The van der Waals surface area contributed by atoms with Crippen molar-refractivity contribution in [2.45, 2.75) is 20.0 Å². The third-order valence-electron chi connectivity index (χ3n) is 3.76. The molecule has 1 fully saturated rings. The Kier molecular flexibility index (Phi) is 6.29. The van der Waals surface area contributed by atoms with Crippen LogP contribution in [0.3, 0.4) is 0 Å². The van der Waals surface area contributed by atoms with Gasteiger partial charge in [0.25, 0.3) is 11.6 Å². The second-order valence-corrected chi connectivity index (χ2v) is 5.50. The molecule has 1 atom stereocenters. The lowest BCUT2D eigenvalue weighted by molar-refractivity contribution is -0.384. The van der Waals surface area contributed by atoms with E-state index in [0.29, 0.717) is 38.5 Å². The van der Waals surface area contributed by atoms with E-state index in [9.17, 15) is 19.7 Å². The second-order valence-electron chi connectivity index (χ2n) is 5.50. The molecule has 0 aliphatic carbocycles. The van der Waals surface area contributed by atoms with Crippen LogP contribution in [0, 0.1) is 10.1 Å².